The van der Waals surface area contributed by atoms with E-state index in [0.717, 1.165) is 12.5 Å². The van der Waals surface area contributed by atoms with Crippen molar-refractivity contribution in [1.82, 2.24) is 0 Å². The number of ether oxygens (including phenoxy) is 1. The summed E-state index contributed by atoms with van der Waals surface area (Å²) in [5.74, 6) is 1.43. The normalized spacial score (nSPS) is 29.7. The number of allylic oxidation sites excluding steroid dienone is 1. The minimum Gasteiger partial charge on any atom is -0.374 e. The fraction of sp³-hybridized carbons (Fsp3) is 0.818. The van der Waals surface area contributed by atoms with Crippen LogP contribution in [0.4, 0.5) is 0 Å². The fourth-order valence-electron chi connectivity index (χ4n) is 1.85. The molecule has 2 unspecified atom stereocenters. The third kappa shape index (κ3) is 4.68. The van der Waals surface area contributed by atoms with Crippen LogP contribution in [0.2, 0.25) is 0 Å². The third-order valence-electron chi connectivity index (χ3n) is 2.57. The zero-order chi connectivity index (χ0) is 9.52. The van der Waals surface area contributed by atoms with Gasteiger partial charge in [-0.3, -0.25) is 0 Å². The van der Waals surface area contributed by atoms with Crippen LogP contribution in [-0.2, 0) is 4.74 Å². The van der Waals surface area contributed by atoms with E-state index in [4.69, 9.17) is 16.3 Å². The molecule has 0 bridgehead atoms. The fourth-order valence-corrected chi connectivity index (χ4v) is 1.98. The van der Waals surface area contributed by atoms with Crippen LogP contribution in [0.5, 0.6) is 0 Å². The van der Waals surface area contributed by atoms with Crippen LogP contribution in [-0.4, -0.2) is 18.6 Å². The molecule has 0 aromatic rings. The maximum absolute atomic E-state index is 5.71. The molecule has 76 valence electrons. The van der Waals surface area contributed by atoms with E-state index in [-0.39, 0.29) is 0 Å². The average molecular weight is 203 g/mol. The van der Waals surface area contributed by atoms with Crippen molar-refractivity contribution in [3.63, 3.8) is 0 Å². The van der Waals surface area contributed by atoms with Gasteiger partial charge < -0.3 is 4.74 Å². The van der Waals surface area contributed by atoms with Gasteiger partial charge in [-0.05, 0) is 18.8 Å². The van der Waals surface area contributed by atoms with Crippen molar-refractivity contribution in [2.75, 3.05) is 12.5 Å². The summed E-state index contributed by atoms with van der Waals surface area (Å²) in [6.07, 6.45) is 9.60. The largest absolute Gasteiger partial charge is 0.374 e. The molecular weight excluding hydrogens is 184 g/mol. The van der Waals surface area contributed by atoms with E-state index in [1.54, 1.807) is 0 Å². The molecule has 0 heterocycles. The first-order valence-electron chi connectivity index (χ1n) is 5.15. The van der Waals surface area contributed by atoms with E-state index < -0.39 is 0 Å². The minimum absolute atomic E-state index is 0.490. The smallest absolute Gasteiger partial charge is 0.0651 e. The highest BCUT2D eigenvalue weighted by Gasteiger charge is 2.18. The van der Waals surface area contributed by atoms with Crippen LogP contribution in [0, 0.1) is 5.92 Å². The van der Waals surface area contributed by atoms with E-state index in [2.05, 4.69) is 6.92 Å². The number of hydrogen-bond acceptors (Lipinski definition) is 1. The third-order valence-corrected chi connectivity index (χ3v) is 2.75. The van der Waals surface area contributed by atoms with Gasteiger partial charge in [0.25, 0.3) is 0 Å². The summed E-state index contributed by atoms with van der Waals surface area (Å²) in [5, 5.41) is 0. The molecule has 1 nitrogen and oxygen atoms in total. The van der Waals surface area contributed by atoms with E-state index >= 15 is 0 Å². The first-order valence-corrected chi connectivity index (χ1v) is 5.69. The second-order valence-electron chi connectivity index (χ2n) is 3.85. The van der Waals surface area contributed by atoms with Gasteiger partial charge in [0.2, 0.25) is 0 Å². The molecular formula is C11H19ClO. The lowest BCUT2D eigenvalue weighted by atomic mass is 9.89. The lowest BCUT2D eigenvalue weighted by Gasteiger charge is -2.26. The summed E-state index contributed by atoms with van der Waals surface area (Å²) < 4.78 is 5.71. The summed E-state index contributed by atoms with van der Waals surface area (Å²) in [7, 11) is 0. The topological polar surface area (TPSA) is 9.23 Å². The Morgan fingerprint density at radius 3 is 2.92 bits per heavy atom. The summed E-state index contributed by atoms with van der Waals surface area (Å²) in [6.45, 7) is 3.04. The lowest BCUT2D eigenvalue weighted by molar-refractivity contribution is 0.0321. The number of halogens is 1. The molecule has 1 aliphatic carbocycles. The lowest BCUT2D eigenvalue weighted by Crippen LogP contribution is -2.21. The summed E-state index contributed by atoms with van der Waals surface area (Å²) in [4.78, 5) is 0. The second kappa shape index (κ2) is 6.44. The highest BCUT2D eigenvalue weighted by Crippen LogP contribution is 2.25. The van der Waals surface area contributed by atoms with Crippen LogP contribution in [0.1, 0.15) is 32.6 Å². The van der Waals surface area contributed by atoms with Gasteiger partial charge in [-0.1, -0.05) is 31.9 Å². The van der Waals surface area contributed by atoms with Gasteiger partial charge in [0.1, 0.15) is 0 Å². The van der Waals surface area contributed by atoms with Crippen molar-refractivity contribution in [2.45, 2.75) is 38.7 Å². The van der Waals surface area contributed by atoms with Crippen LogP contribution >= 0.6 is 11.6 Å². The highest BCUT2D eigenvalue weighted by molar-refractivity contribution is 6.18. The van der Waals surface area contributed by atoms with Gasteiger partial charge in [0.15, 0.2) is 0 Å². The van der Waals surface area contributed by atoms with Crippen molar-refractivity contribution >= 4 is 11.6 Å². The number of hydrogen-bond donors (Lipinski definition) is 0. The monoisotopic (exact) mass is 202 g/mol. The summed E-state index contributed by atoms with van der Waals surface area (Å²) >= 11 is 5.50. The molecule has 0 N–H and O–H groups in total. The van der Waals surface area contributed by atoms with Gasteiger partial charge in [-0.25, -0.2) is 0 Å². The maximum Gasteiger partial charge on any atom is 0.0651 e. The highest BCUT2D eigenvalue weighted by atomic mass is 35.5. The summed E-state index contributed by atoms with van der Waals surface area (Å²) in [5.41, 5.74) is 0. The molecule has 0 saturated heterocycles. The summed E-state index contributed by atoms with van der Waals surface area (Å²) in [6, 6.07) is 0. The first-order chi connectivity index (χ1) is 6.33. The van der Waals surface area contributed by atoms with Crippen molar-refractivity contribution in [3.8, 4) is 0 Å². The molecule has 1 rings (SSSR count). The van der Waals surface area contributed by atoms with Crippen LogP contribution in [0.25, 0.3) is 0 Å². The Bertz CT molecular complexity index is 156. The molecule has 0 aromatic carbocycles. The van der Waals surface area contributed by atoms with Gasteiger partial charge >= 0.3 is 0 Å². The molecule has 1 fully saturated rings. The Morgan fingerprint density at radius 2 is 2.23 bits per heavy atom. The van der Waals surface area contributed by atoms with E-state index in [1.165, 1.54) is 25.7 Å². The number of alkyl halides is 1. The SMILES string of the molecule is CC1CCCC(OCC=CCCl)C1. The Morgan fingerprint density at radius 1 is 1.38 bits per heavy atom. The predicted molar refractivity (Wildman–Crippen MR) is 57.2 cm³/mol. The molecule has 1 saturated carbocycles. The zero-order valence-electron chi connectivity index (χ0n) is 8.34. The van der Waals surface area contributed by atoms with Gasteiger partial charge in [-0.2, -0.15) is 0 Å². The van der Waals surface area contributed by atoms with Gasteiger partial charge in [0.05, 0.1) is 12.7 Å². The standard InChI is InChI=1S/C11H19ClO/c1-10-5-4-6-11(9-10)13-8-3-2-7-12/h2-3,10-11H,4-9H2,1H3. The second-order valence-corrected chi connectivity index (χ2v) is 4.16. The van der Waals surface area contributed by atoms with Crippen LogP contribution < -0.4 is 0 Å². The molecule has 2 heteroatoms. The Hall–Kier alpha value is -0.0100. The van der Waals surface area contributed by atoms with Crippen molar-refractivity contribution in [1.29, 1.82) is 0 Å². The quantitative estimate of drug-likeness (QED) is 0.502. The Labute approximate surface area is 86.1 Å². The van der Waals surface area contributed by atoms with E-state index in [1.807, 2.05) is 12.2 Å². The molecule has 13 heavy (non-hydrogen) atoms. The van der Waals surface area contributed by atoms with Crippen LogP contribution in [0.3, 0.4) is 0 Å². The van der Waals surface area contributed by atoms with Gasteiger partial charge in [-0.15, -0.1) is 11.6 Å². The van der Waals surface area contributed by atoms with E-state index in [0.29, 0.717) is 12.0 Å². The molecule has 0 amide bonds. The number of rotatable bonds is 4. The average Bonchev–Trinajstić information content (AvgIpc) is 2.13. The van der Waals surface area contributed by atoms with Gasteiger partial charge in [0, 0.05) is 5.88 Å². The van der Waals surface area contributed by atoms with E-state index in [9.17, 15) is 0 Å². The maximum atomic E-state index is 5.71. The molecule has 1 aliphatic rings. The first kappa shape index (κ1) is 11.1. The minimum atomic E-state index is 0.490. The molecule has 2 atom stereocenters. The Kier molecular flexibility index (Phi) is 5.49. The van der Waals surface area contributed by atoms with Crippen LogP contribution in [0.15, 0.2) is 12.2 Å². The molecule has 0 radical (unpaired) electrons. The predicted octanol–water partition coefficient (Wildman–Crippen LogP) is 3.38. The Balaban J connectivity index is 2.10. The molecule has 0 aromatic heterocycles. The molecule has 0 spiro atoms. The van der Waals surface area contributed by atoms with Crippen molar-refractivity contribution < 1.29 is 4.74 Å². The van der Waals surface area contributed by atoms with Crippen molar-refractivity contribution in [2.24, 2.45) is 5.92 Å². The molecule has 0 aliphatic heterocycles. The van der Waals surface area contributed by atoms with Crippen molar-refractivity contribution in [3.05, 3.63) is 12.2 Å². The zero-order valence-corrected chi connectivity index (χ0v) is 9.09.